The quantitative estimate of drug-likeness (QED) is 0.569. The summed E-state index contributed by atoms with van der Waals surface area (Å²) in [6, 6.07) is 3.65. The Morgan fingerprint density at radius 2 is 1.77 bits per heavy atom. The molecule has 3 aliphatic rings. The summed E-state index contributed by atoms with van der Waals surface area (Å²) in [6.45, 7) is 10.3. The van der Waals surface area contributed by atoms with Crippen LogP contribution in [0.1, 0.15) is 32.6 Å². The third kappa shape index (κ3) is 5.12. The van der Waals surface area contributed by atoms with Crippen LogP contribution in [0.15, 0.2) is 23.2 Å². The first-order valence-corrected chi connectivity index (χ1v) is 11.7. The van der Waals surface area contributed by atoms with Crippen LogP contribution < -0.4 is 10.2 Å². The molecule has 3 saturated heterocycles. The van der Waals surface area contributed by atoms with E-state index in [1.807, 2.05) is 4.90 Å². The maximum absolute atomic E-state index is 14.2. The molecule has 3 aliphatic heterocycles. The molecule has 0 aliphatic carbocycles. The van der Waals surface area contributed by atoms with Gasteiger partial charge in [-0.25, -0.2) is 8.78 Å². The van der Waals surface area contributed by atoms with Gasteiger partial charge in [0.05, 0.1) is 12.2 Å². The van der Waals surface area contributed by atoms with Gasteiger partial charge in [0.25, 0.3) is 0 Å². The Bertz CT molecular complexity index is 754. The number of nitrogens with zero attached hydrogens (tertiary/aromatic N) is 4. The zero-order valence-electron chi connectivity index (χ0n) is 18.6. The number of guanidine groups is 1. The molecule has 0 bridgehead atoms. The second-order valence-corrected chi connectivity index (χ2v) is 8.77. The average Bonchev–Trinajstić information content (AvgIpc) is 3.35. The summed E-state index contributed by atoms with van der Waals surface area (Å²) in [7, 11) is 0. The molecular weight excluding hydrogens is 400 g/mol. The van der Waals surface area contributed by atoms with E-state index in [0.717, 1.165) is 77.3 Å². The third-order valence-corrected chi connectivity index (χ3v) is 6.89. The fourth-order valence-electron chi connectivity index (χ4n) is 5.05. The van der Waals surface area contributed by atoms with Crippen molar-refractivity contribution in [3.8, 4) is 0 Å². The number of anilines is 1. The lowest BCUT2D eigenvalue weighted by molar-refractivity contribution is -0.0139. The van der Waals surface area contributed by atoms with Crippen LogP contribution in [0.5, 0.6) is 0 Å². The highest BCUT2D eigenvalue weighted by Gasteiger charge is 2.39. The topological polar surface area (TPSA) is 43.3 Å². The molecule has 3 heterocycles. The van der Waals surface area contributed by atoms with Crippen molar-refractivity contribution in [3.63, 3.8) is 0 Å². The molecule has 6 nitrogen and oxygen atoms in total. The lowest BCUT2D eigenvalue weighted by atomic mass is 9.88. The van der Waals surface area contributed by atoms with Crippen molar-refractivity contribution in [2.24, 2.45) is 4.99 Å². The second-order valence-electron chi connectivity index (χ2n) is 8.77. The Morgan fingerprint density at radius 3 is 2.45 bits per heavy atom. The van der Waals surface area contributed by atoms with Crippen molar-refractivity contribution >= 4 is 11.6 Å². The van der Waals surface area contributed by atoms with Crippen LogP contribution in [-0.2, 0) is 4.74 Å². The largest absolute Gasteiger partial charge is 0.381 e. The molecule has 0 radical (unpaired) electrons. The van der Waals surface area contributed by atoms with Crippen molar-refractivity contribution in [3.05, 3.63) is 29.8 Å². The van der Waals surface area contributed by atoms with E-state index in [1.54, 1.807) is 0 Å². The minimum absolute atomic E-state index is 0.0991. The molecule has 0 aromatic heterocycles. The van der Waals surface area contributed by atoms with Gasteiger partial charge in [0.15, 0.2) is 5.96 Å². The summed E-state index contributed by atoms with van der Waals surface area (Å²) in [5.74, 6) is 0.145. The number of benzene rings is 1. The van der Waals surface area contributed by atoms with Gasteiger partial charge in [-0.3, -0.25) is 9.89 Å². The minimum Gasteiger partial charge on any atom is -0.381 e. The highest BCUT2D eigenvalue weighted by molar-refractivity contribution is 5.80. The van der Waals surface area contributed by atoms with E-state index in [-0.39, 0.29) is 11.4 Å². The predicted molar refractivity (Wildman–Crippen MR) is 120 cm³/mol. The number of rotatable bonds is 5. The van der Waals surface area contributed by atoms with E-state index < -0.39 is 5.82 Å². The molecule has 1 aromatic rings. The summed E-state index contributed by atoms with van der Waals surface area (Å²) in [4.78, 5) is 11.9. The maximum atomic E-state index is 14.2. The molecule has 0 saturated carbocycles. The second kappa shape index (κ2) is 10.1. The molecule has 0 unspecified atom stereocenters. The summed E-state index contributed by atoms with van der Waals surface area (Å²) >= 11 is 0. The summed E-state index contributed by atoms with van der Waals surface area (Å²) in [6.07, 6.45) is 4.60. The van der Waals surface area contributed by atoms with Crippen LogP contribution in [-0.4, -0.2) is 86.9 Å². The van der Waals surface area contributed by atoms with E-state index >= 15 is 0 Å². The van der Waals surface area contributed by atoms with Gasteiger partial charge in [-0.15, -0.1) is 0 Å². The van der Waals surface area contributed by atoms with Gasteiger partial charge in [0.2, 0.25) is 0 Å². The van der Waals surface area contributed by atoms with Crippen molar-refractivity contribution in [1.29, 1.82) is 0 Å². The molecule has 0 atom stereocenters. The van der Waals surface area contributed by atoms with E-state index in [9.17, 15) is 8.78 Å². The molecule has 3 fully saturated rings. The molecule has 8 heteroatoms. The Kier molecular flexibility index (Phi) is 7.27. The zero-order valence-corrected chi connectivity index (χ0v) is 18.6. The Labute approximate surface area is 184 Å². The van der Waals surface area contributed by atoms with E-state index in [2.05, 4.69) is 22.0 Å². The summed E-state index contributed by atoms with van der Waals surface area (Å²) < 4.78 is 33.4. The lowest BCUT2D eigenvalue weighted by Gasteiger charge is -2.44. The Hall–Kier alpha value is -1.93. The number of hydrogen-bond donors (Lipinski definition) is 1. The molecule has 4 rings (SSSR count). The van der Waals surface area contributed by atoms with Gasteiger partial charge in [0.1, 0.15) is 11.6 Å². The first kappa shape index (κ1) is 22.3. The van der Waals surface area contributed by atoms with E-state index in [1.165, 1.54) is 25.0 Å². The SMILES string of the molecule is CCNC(=NCC1(N2CCCC2)CCOCC1)N1CCN(c2cc(F)ccc2F)CC1. The zero-order chi connectivity index (χ0) is 21.7. The maximum Gasteiger partial charge on any atom is 0.194 e. The Balaban J connectivity index is 1.43. The molecule has 0 spiro atoms. The van der Waals surface area contributed by atoms with Gasteiger partial charge in [0, 0.05) is 57.5 Å². The van der Waals surface area contributed by atoms with Crippen molar-refractivity contribution in [2.75, 3.05) is 70.5 Å². The van der Waals surface area contributed by atoms with Crippen LogP contribution in [0.2, 0.25) is 0 Å². The smallest absolute Gasteiger partial charge is 0.194 e. The van der Waals surface area contributed by atoms with Gasteiger partial charge >= 0.3 is 0 Å². The number of piperazine rings is 1. The monoisotopic (exact) mass is 435 g/mol. The first-order valence-electron chi connectivity index (χ1n) is 11.7. The van der Waals surface area contributed by atoms with Crippen LogP contribution in [0.25, 0.3) is 0 Å². The van der Waals surface area contributed by atoms with Gasteiger partial charge < -0.3 is 19.9 Å². The minimum atomic E-state index is -0.405. The number of ether oxygens (including phenoxy) is 1. The Morgan fingerprint density at radius 1 is 1.06 bits per heavy atom. The summed E-state index contributed by atoms with van der Waals surface area (Å²) in [5.41, 5.74) is 0.443. The number of likely N-dealkylation sites (tertiary alicyclic amines) is 1. The highest BCUT2D eigenvalue weighted by atomic mass is 19.1. The fourth-order valence-corrected chi connectivity index (χ4v) is 5.05. The van der Waals surface area contributed by atoms with Crippen LogP contribution in [0.3, 0.4) is 0 Å². The first-order chi connectivity index (χ1) is 15.1. The third-order valence-electron chi connectivity index (χ3n) is 6.89. The van der Waals surface area contributed by atoms with Gasteiger partial charge in [-0.2, -0.15) is 0 Å². The van der Waals surface area contributed by atoms with E-state index in [0.29, 0.717) is 18.8 Å². The number of nitrogens with one attached hydrogen (secondary N) is 1. The van der Waals surface area contributed by atoms with E-state index in [4.69, 9.17) is 9.73 Å². The van der Waals surface area contributed by atoms with Crippen molar-refractivity contribution in [1.82, 2.24) is 15.1 Å². The number of hydrogen-bond acceptors (Lipinski definition) is 4. The highest BCUT2D eigenvalue weighted by Crippen LogP contribution is 2.32. The fraction of sp³-hybridized carbons (Fsp3) is 0.696. The molecule has 1 N–H and O–H groups in total. The number of halogens is 2. The van der Waals surface area contributed by atoms with Gasteiger partial charge in [-0.1, -0.05) is 0 Å². The summed E-state index contributed by atoms with van der Waals surface area (Å²) in [5, 5.41) is 3.45. The van der Waals surface area contributed by atoms with Crippen LogP contribution in [0.4, 0.5) is 14.5 Å². The van der Waals surface area contributed by atoms with Crippen molar-refractivity contribution in [2.45, 2.75) is 38.1 Å². The van der Waals surface area contributed by atoms with Crippen molar-refractivity contribution < 1.29 is 13.5 Å². The number of aliphatic imine (C=N–C) groups is 1. The van der Waals surface area contributed by atoms with Gasteiger partial charge in [-0.05, 0) is 57.8 Å². The standard InChI is InChI=1S/C23H35F2N5O/c1-2-26-22(27-18-23(7-15-31-16-8-23)30-9-3-4-10-30)29-13-11-28(12-14-29)21-17-19(24)5-6-20(21)25/h5-6,17H,2-4,7-16,18H2,1H3,(H,26,27). The normalized spacial score (nSPS) is 22.7. The average molecular weight is 436 g/mol. The molecular formula is C23H35F2N5O. The lowest BCUT2D eigenvalue weighted by Crippen LogP contribution is -2.55. The van der Waals surface area contributed by atoms with Crippen LogP contribution >= 0.6 is 0 Å². The molecule has 172 valence electrons. The molecule has 1 aromatic carbocycles. The predicted octanol–water partition coefficient (Wildman–Crippen LogP) is 2.70. The molecule has 31 heavy (non-hydrogen) atoms. The van der Waals surface area contributed by atoms with Crippen LogP contribution in [0, 0.1) is 11.6 Å². The molecule has 0 amide bonds.